The second kappa shape index (κ2) is 9.79. The highest BCUT2D eigenvalue weighted by Gasteiger charge is 2.12. The predicted octanol–water partition coefficient (Wildman–Crippen LogP) is 6.00. The topological polar surface area (TPSA) is 40.6 Å². The van der Waals surface area contributed by atoms with E-state index in [4.69, 9.17) is 19.2 Å². The van der Waals surface area contributed by atoms with E-state index in [0.717, 1.165) is 46.1 Å². The number of ether oxygens (including phenoxy) is 3. The minimum Gasteiger partial charge on any atom is -0.497 e. The number of methoxy groups -OCH3 is 2. The third-order valence-electron chi connectivity index (χ3n) is 4.64. The number of aromatic nitrogens is 1. The molecule has 0 spiro atoms. The normalized spacial score (nSPS) is 10.5. The first-order valence-corrected chi connectivity index (χ1v) is 9.67. The lowest BCUT2D eigenvalue weighted by molar-refractivity contribution is 0.305. The Labute approximate surface area is 167 Å². The molecule has 0 unspecified atom stereocenters. The molecule has 2 aromatic carbocycles. The van der Waals surface area contributed by atoms with Crippen molar-refractivity contribution in [3.05, 3.63) is 60.8 Å². The van der Waals surface area contributed by atoms with Crippen LogP contribution in [0.2, 0.25) is 0 Å². The molecule has 3 aromatic rings. The first-order chi connectivity index (χ1) is 13.7. The quantitative estimate of drug-likeness (QED) is 0.429. The molecule has 1 aromatic heterocycles. The Hall–Kier alpha value is -3.01. The highest BCUT2D eigenvalue weighted by Crippen LogP contribution is 2.34. The number of hydrogen-bond acceptors (Lipinski definition) is 4. The van der Waals surface area contributed by atoms with E-state index in [1.54, 1.807) is 20.4 Å². The minimum absolute atomic E-state index is 0.708. The van der Waals surface area contributed by atoms with Gasteiger partial charge in [0.1, 0.15) is 17.2 Å². The molecule has 0 radical (unpaired) electrons. The van der Waals surface area contributed by atoms with Gasteiger partial charge in [-0.2, -0.15) is 0 Å². The molecule has 0 bridgehead atoms. The van der Waals surface area contributed by atoms with Gasteiger partial charge in [0, 0.05) is 11.1 Å². The van der Waals surface area contributed by atoms with Crippen LogP contribution < -0.4 is 14.2 Å². The van der Waals surface area contributed by atoms with Gasteiger partial charge in [0.05, 0.1) is 32.7 Å². The van der Waals surface area contributed by atoms with Gasteiger partial charge in [-0.05, 0) is 54.4 Å². The first-order valence-electron chi connectivity index (χ1n) is 9.67. The maximum Gasteiger partial charge on any atom is 0.138 e. The number of benzene rings is 2. The Morgan fingerprint density at radius 1 is 0.750 bits per heavy atom. The highest BCUT2D eigenvalue weighted by atomic mass is 16.5. The van der Waals surface area contributed by atoms with Crippen molar-refractivity contribution in [1.29, 1.82) is 0 Å². The van der Waals surface area contributed by atoms with Gasteiger partial charge in [-0.1, -0.05) is 31.9 Å². The zero-order chi connectivity index (χ0) is 19.8. The Kier molecular flexibility index (Phi) is 6.90. The maximum absolute atomic E-state index is 5.94. The lowest BCUT2D eigenvalue weighted by Gasteiger charge is -2.13. The van der Waals surface area contributed by atoms with Crippen LogP contribution in [0.4, 0.5) is 0 Å². The SMILES string of the molecule is CCCCCOc1cnc(-c2ccc(OC)cc2)c(-c2ccc(OC)cc2)c1. The molecular weight excluding hydrogens is 350 g/mol. The van der Waals surface area contributed by atoms with Crippen molar-refractivity contribution in [2.24, 2.45) is 0 Å². The van der Waals surface area contributed by atoms with Crippen molar-refractivity contribution in [3.63, 3.8) is 0 Å². The van der Waals surface area contributed by atoms with Crippen LogP contribution in [0.25, 0.3) is 22.4 Å². The van der Waals surface area contributed by atoms with E-state index < -0.39 is 0 Å². The van der Waals surface area contributed by atoms with Crippen LogP contribution in [0.3, 0.4) is 0 Å². The van der Waals surface area contributed by atoms with Crippen LogP contribution in [0.5, 0.6) is 17.2 Å². The van der Waals surface area contributed by atoms with Crippen LogP contribution in [0.15, 0.2) is 60.8 Å². The summed E-state index contributed by atoms with van der Waals surface area (Å²) in [4.78, 5) is 4.73. The summed E-state index contributed by atoms with van der Waals surface area (Å²) in [5, 5.41) is 0. The Balaban J connectivity index is 1.96. The molecule has 0 saturated carbocycles. The standard InChI is InChI=1S/C24H27NO3/c1-4-5-6-15-28-22-16-23(18-7-11-20(26-2)12-8-18)24(25-17-22)19-9-13-21(27-3)14-10-19/h7-14,16-17H,4-6,15H2,1-3H3. The van der Waals surface area contributed by atoms with Gasteiger partial charge in [0.25, 0.3) is 0 Å². The smallest absolute Gasteiger partial charge is 0.138 e. The van der Waals surface area contributed by atoms with Crippen LogP contribution in [-0.2, 0) is 0 Å². The largest absolute Gasteiger partial charge is 0.497 e. The fraction of sp³-hybridized carbons (Fsp3) is 0.292. The van der Waals surface area contributed by atoms with Crippen molar-refractivity contribution in [2.75, 3.05) is 20.8 Å². The average Bonchev–Trinajstić information content (AvgIpc) is 2.77. The van der Waals surface area contributed by atoms with E-state index in [0.29, 0.717) is 6.61 Å². The molecule has 0 aliphatic rings. The minimum atomic E-state index is 0.708. The van der Waals surface area contributed by atoms with Crippen LogP contribution in [0, 0.1) is 0 Å². The van der Waals surface area contributed by atoms with Gasteiger partial charge in [-0.25, -0.2) is 0 Å². The van der Waals surface area contributed by atoms with Gasteiger partial charge in [0.15, 0.2) is 0 Å². The monoisotopic (exact) mass is 377 g/mol. The zero-order valence-electron chi connectivity index (χ0n) is 16.8. The molecule has 0 atom stereocenters. The lowest BCUT2D eigenvalue weighted by Crippen LogP contribution is -1.99. The van der Waals surface area contributed by atoms with Gasteiger partial charge in [0.2, 0.25) is 0 Å². The van der Waals surface area contributed by atoms with Crippen molar-refractivity contribution in [2.45, 2.75) is 26.2 Å². The molecule has 1 heterocycles. The van der Waals surface area contributed by atoms with E-state index in [-0.39, 0.29) is 0 Å². The molecule has 0 amide bonds. The number of nitrogens with zero attached hydrogens (tertiary/aromatic N) is 1. The van der Waals surface area contributed by atoms with E-state index in [2.05, 4.69) is 13.0 Å². The van der Waals surface area contributed by atoms with Crippen LogP contribution >= 0.6 is 0 Å². The second-order valence-electron chi connectivity index (χ2n) is 6.58. The molecule has 0 N–H and O–H groups in total. The third-order valence-corrected chi connectivity index (χ3v) is 4.64. The summed E-state index contributed by atoms with van der Waals surface area (Å²) in [5.41, 5.74) is 4.04. The van der Waals surface area contributed by atoms with Crippen molar-refractivity contribution in [1.82, 2.24) is 4.98 Å². The Morgan fingerprint density at radius 2 is 1.36 bits per heavy atom. The fourth-order valence-electron chi connectivity index (χ4n) is 3.04. The summed E-state index contributed by atoms with van der Waals surface area (Å²) < 4.78 is 16.5. The molecule has 3 rings (SSSR count). The molecule has 0 aliphatic heterocycles. The average molecular weight is 377 g/mol. The first kappa shape index (κ1) is 19.7. The summed E-state index contributed by atoms with van der Waals surface area (Å²) in [6, 6.07) is 18.0. The molecular formula is C24H27NO3. The van der Waals surface area contributed by atoms with E-state index >= 15 is 0 Å². The number of unbranched alkanes of at least 4 members (excludes halogenated alkanes) is 2. The molecule has 0 fully saturated rings. The van der Waals surface area contributed by atoms with Crippen molar-refractivity contribution in [3.8, 4) is 39.6 Å². The summed E-state index contributed by atoms with van der Waals surface area (Å²) >= 11 is 0. The highest BCUT2D eigenvalue weighted by molar-refractivity contribution is 5.81. The second-order valence-corrected chi connectivity index (χ2v) is 6.58. The Morgan fingerprint density at radius 3 is 1.93 bits per heavy atom. The summed E-state index contributed by atoms with van der Waals surface area (Å²) in [5.74, 6) is 2.44. The summed E-state index contributed by atoms with van der Waals surface area (Å²) in [6.45, 7) is 2.90. The molecule has 4 heteroatoms. The van der Waals surface area contributed by atoms with Crippen molar-refractivity contribution < 1.29 is 14.2 Å². The Bertz CT molecular complexity index is 873. The van der Waals surface area contributed by atoms with Gasteiger partial charge in [-0.15, -0.1) is 0 Å². The van der Waals surface area contributed by atoms with Crippen molar-refractivity contribution >= 4 is 0 Å². The molecule has 146 valence electrons. The summed E-state index contributed by atoms with van der Waals surface area (Å²) in [6.07, 6.45) is 5.20. The summed E-state index contributed by atoms with van der Waals surface area (Å²) in [7, 11) is 3.34. The lowest BCUT2D eigenvalue weighted by atomic mass is 9.99. The molecule has 4 nitrogen and oxygen atoms in total. The number of hydrogen-bond donors (Lipinski definition) is 0. The van der Waals surface area contributed by atoms with E-state index in [9.17, 15) is 0 Å². The van der Waals surface area contributed by atoms with E-state index in [1.807, 2.05) is 48.5 Å². The van der Waals surface area contributed by atoms with E-state index in [1.165, 1.54) is 12.8 Å². The van der Waals surface area contributed by atoms with Gasteiger partial charge >= 0.3 is 0 Å². The van der Waals surface area contributed by atoms with Crippen LogP contribution in [0.1, 0.15) is 26.2 Å². The molecule has 28 heavy (non-hydrogen) atoms. The number of rotatable bonds is 9. The van der Waals surface area contributed by atoms with Crippen LogP contribution in [-0.4, -0.2) is 25.8 Å². The fourth-order valence-corrected chi connectivity index (χ4v) is 3.04. The molecule has 0 saturated heterocycles. The molecule has 0 aliphatic carbocycles. The maximum atomic E-state index is 5.94. The van der Waals surface area contributed by atoms with Gasteiger partial charge < -0.3 is 14.2 Å². The third kappa shape index (κ3) is 4.83. The van der Waals surface area contributed by atoms with Gasteiger partial charge in [-0.3, -0.25) is 4.98 Å². The number of pyridine rings is 1. The zero-order valence-corrected chi connectivity index (χ0v) is 16.8. The predicted molar refractivity (Wildman–Crippen MR) is 113 cm³/mol.